The van der Waals surface area contributed by atoms with Gasteiger partial charge in [-0.25, -0.2) is 4.98 Å². The van der Waals surface area contributed by atoms with Crippen LogP contribution < -0.4 is 5.56 Å². The topological polar surface area (TPSA) is 81.5 Å². The Bertz CT molecular complexity index is 917. The van der Waals surface area contributed by atoms with Gasteiger partial charge in [0.15, 0.2) is 6.61 Å². The Hall–Kier alpha value is -2.96. The Balaban J connectivity index is 1.93. The number of hydrogen-bond acceptors (Lipinski definition) is 5. The number of aryl methyl sites for hydroxylation is 2. The first kappa shape index (κ1) is 20.4. The lowest BCUT2D eigenvalue weighted by molar-refractivity contribution is -0.152. The van der Waals surface area contributed by atoms with E-state index in [0.29, 0.717) is 24.0 Å². The number of nitrogens with zero attached hydrogens (tertiary/aromatic N) is 3. The van der Waals surface area contributed by atoms with Gasteiger partial charge in [-0.05, 0) is 32.4 Å². The predicted octanol–water partition coefficient (Wildman–Crippen LogP) is 2.06. The number of carbonyl (C=O) groups is 2. The molecule has 0 bridgehead atoms. The van der Waals surface area contributed by atoms with Crippen molar-refractivity contribution in [2.45, 2.75) is 33.7 Å². The van der Waals surface area contributed by atoms with E-state index in [1.807, 2.05) is 26.8 Å². The summed E-state index contributed by atoms with van der Waals surface area (Å²) in [5, 5.41) is 0.513. The van der Waals surface area contributed by atoms with Crippen molar-refractivity contribution in [3.8, 4) is 0 Å². The summed E-state index contributed by atoms with van der Waals surface area (Å²) in [6.07, 6.45) is 1.42. The van der Waals surface area contributed by atoms with Gasteiger partial charge in [-0.15, -0.1) is 0 Å². The number of hydrogen-bond donors (Lipinski definition) is 0. The number of rotatable bonds is 8. The molecule has 0 aliphatic heterocycles. The molecule has 0 unspecified atom stereocenters. The first-order chi connectivity index (χ1) is 12.8. The summed E-state index contributed by atoms with van der Waals surface area (Å²) in [5.74, 6) is -0.806. The molecule has 0 saturated carbocycles. The van der Waals surface area contributed by atoms with E-state index < -0.39 is 5.97 Å². The highest BCUT2D eigenvalue weighted by atomic mass is 16.5. The molecule has 0 aliphatic carbocycles. The van der Waals surface area contributed by atoms with Gasteiger partial charge in [0.1, 0.15) is 0 Å². The normalized spacial score (nSPS) is 10.6. The minimum Gasteiger partial charge on any atom is -0.456 e. The van der Waals surface area contributed by atoms with Crippen LogP contribution in [0.4, 0.5) is 0 Å². The van der Waals surface area contributed by atoms with E-state index in [2.05, 4.69) is 11.6 Å². The van der Waals surface area contributed by atoms with Gasteiger partial charge in [0.2, 0.25) is 0 Å². The summed E-state index contributed by atoms with van der Waals surface area (Å²) in [6, 6.07) is 5.41. The highest BCUT2D eigenvalue weighted by Gasteiger charge is 2.15. The number of fused-ring (bicyclic) bond motifs is 1. The second-order valence-corrected chi connectivity index (χ2v) is 6.49. The van der Waals surface area contributed by atoms with E-state index in [-0.39, 0.29) is 31.0 Å². The maximum Gasteiger partial charge on any atom is 0.308 e. The van der Waals surface area contributed by atoms with Crippen molar-refractivity contribution in [2.75, 3.05) is 19.7 Å². The average molecular weight is 371 g/mol. The maximum atomic E-state index is 12.5. The average Bonchev–Trinajstić information content (AvgIpc) is 2.64. The standard InChI is InChI=1S/C20H25N3O4/c1-5-22(11-14(2)3)17(24)12-27-18(25)9-10-23-13-21-19-15(4)7-6-8-16(19)20(23)26/h6-8,13H,2,5,9-12H2,1,3-4H3. The molecule has 7 heteroatoms. The molecule has 0 saturated heterocycles. The molecule has 2 rings (SSSR count). The Morgan fingerprint density at radius 3 is 2.74 bits per heavy atom. The van der Waals surface area contributed by atoms with Crippen LogP contribution >= 0.6 is 0 Å². The van der Waals surface area contributed by atoms with Crippen LogP contribution in [0.2, 0.25) is 0 Å². The molecule has 0 fully saturated rings. The minimum absolute atomic E-state index is 0.0151. The molecule has 144 valence electrons. The number of benzene rings is 1. The van der Waals surface area contributed by atoms with E-state index in [1.54, 1.807) is 17.0 Å². The molecular formula is C20H25N3O4. The van der Waals surface area contributed by atoms with Crippen LogP contribution in [0.25, 0.3) is 10.9 Å². The van der Waals surface area contributed by atoms with E-state index in [4.69, 9.17) is 4.74 Å². The molecule has 1 amide bonds. The summed E-state index contributed by atoms with van der Waals surface area (Å²) in [5.41, 5.74) is 2.23. The third kappa shape index (κ3) is 5.26. The van der Waals surface area contributed by atoms with Crippen molar-refractivity contribution in [1.29, 1.82) is 0 Å². The van der Waals surface area contributed by atoms with Gasteiger partial charge < -0.3 is 9.64 Å². The molecule has 0 N–H and O–H groups in total. The minimum atomic E-state index is -0.536. The predicted molar refractivity (Wildman–Crippen MR) is 103 cm³/mol. The first-order valence-corrected chi connectivity index (χ1v) is 8.86. The van der Waals surface area contributed by atoms with Crippen molar-refractivity contribution < 1.29 is 14.3 Å². The zero-order chi connectivity index (χ0) is 20.0. The summed E-state index contributed by atoms with van der Waals surface area (Å²) < 4.78 is 6.42. The zero-order valence-electron chi connectivity index (χ0n) is 16.0. The van der Waals surface area contributed by atoms with Crippen LogP contribution in [0.3, 0.4) is 0 Å². The Kier molecular flexibility index (Phi) is 6.87. The Morgan fingerprint density at radius 2 is 2.07 bits per heavy atom. The fourth-order valence-electron chi connectivity index (χ4n) is 2.72. The molecular weight excluding hydrogens is 346 g/mol. The number of likely N-dealkylation sites (N-methyl/N-ethyl adjacent to an activating group) is 1. The number of amides is 1. The number of ether oxygens (including phenoxy) is 1. The van der Waals surface area contributed by atoms with Crippen LogP contribution in [0, 0.1) is 6.92 Å². The summed E-state index contributed by atoms with van der Waals surface area (Å²) in [7, 11) is 0. The number of aromatic nitrogens is 2. The van der Waals surface area contributed by atoms with Gasteiger partial charge in [-0.1, -0.05) is 24.3 Å². The van der Waals surface area contributed by atoms with Gasteiger partial charge in [0, 0.05) is 19.6 Å². The first-order valence-electron chi connectivity index (χ1n) is 8.86. The van der Waals surface area contributed by atoms with Gasteiger partial charge in [-0.2, -0.15) is 0 Å². The van der Waals surface area contributed by atoms with Crippen LogP contribution in [0.15, 0.2) is 41.5 Å². The van der Waals surface area contributed by atoms with Crippen LogP contribution in [-0.4, -0.2) is 46.0 Å². The lowest BCUT2D eigenvalue weighted by Crippen LogP contribution is -2.35. The molecule has 1 heterocycles. The van der Waals surface area contributed by atoms with Crippen molar-refractivity contribution in [1.82, 2.24) is 14.5 Å². The van der Waals surface area contributed by atoms with E-state index >= 15 is 0 Å². The number of para-hydroxylation sites is 1. The summed E-state index contributed by atoms with van der Waals surface area (Å²) in [6.45, 7) is 10.1. The fourth-order valence-corrected chi connectivity index (χ4v) is 2.72. The van der Waals surface area contributed by atoms with E-state index in [9.17, 15) is 14.4 Å². The van der Waals surface area contributed by atoms with Gasteiger partial charge in [0.05, 0.1) is 23.7 Å². The summed E-state index contributed by atoms with van der Waals surface area (Å²) >= 11 is 0. The van der Waals surface area contributed by atoms with Crippen LogP contribution in [-0.2, 0) is 20.9 Å². The maximum absolute atomic E-state index is 12.5. The van der Waals surface area contributed by atoms with Crippen LogP contribution in [0.1, 0.15) is 25.8 Å². The molecule has 0 spiro atoms. The highest BCUT2D eigenvalue weighted by Crippen LogP contribution is 2.11. The van der Waals surface area contributed by atoms with Crippen molar-refractivity contribution in [2.24, 2.45) is 0 Å². The second-order valence-electron chi connectivity index (χ2n) is 6.49. The second kappa shape index (κ2) is 9.12. The molecule has 0 atom stereocenters. The smallest absolute Gasteiger partial charge is 0.308 e. The largest absolute Gasteiger partial charge is 0.456 e. The molecule has 0 aliphatic rings. The van der Waals surface area contributed by atoms with Crippen LogP contribution in [0.5, 0.6) is 0 Å². The Morgan fingerprint density at radius 1 is 1.33 bits per heavy atom. The lowest BCUT2D eigenvalue weighted by atomic mass is 10.1. The molecule has 7 nitrogen and oxygen atoms in total. The third-order valence-electron chi connectivity index (χ3n) is 4.16. The molecule has 1 aromatic carbocycles. The Labute approximate surface area is 158 Å². The SMILES string of the molecule is C=C(C)CN(CC)C(=O)COC(=O)CCn1cnc2c(C)cccc2c1=O. The van der Waals surface area contributed by atoms with E-state index in [0.717, 1.165) is 11.1 Å². The molecule has 2 aromatic rings. The van der Waals surface area contributed by atoms with Crippen molar-refractivity contribution in [3.63, 3.8) is 0 Å². The van der Waals surface area contributed by atoms with E-state index in [1.165, 1.54) is 10.9 Å². The lowest BCUT2D eigenvalue weighted by Gasteiger charge is -2.20. The quantitative estimate of drug-likeness (QED) is 0.524. The highest BCUT2D eigenvalue weighted by molar-refractivity contribution is 5.81. The van der Waals surface area contributed by atoms with Crippen molar-refractivity contribution >= 4 is 22.8 Å². The fraction of sp³-hybridized carbons (Fsp3) is 0.400. The third-order valence-corrected chi connectivity index (χ3v) is 4.16. The summed E-state index contributed by atoms with van der Waals surface area (Å²) in [4.78, 5) is 42.4. The number of carbonyl (C=O) groups excluding carboxylic acids is 2. The molecule has 1 aromatic heterocycles. The number of esters is 1. The molecule has 27 heavy (non-hydrogen) atoms. The van der Waals surface area contributed by atoms with Gasteiger partial charge in [0.25, 0.3) is 11.5 Å². The van der Waals surface area contributed by atoms with Crippen molar-refractivity contribution in [3.05, 3.63) is 52.6 Å². The van der Waals surface area contributed by atoms with Gasteiger partial charge in [-0.3, -0.25) is 19.0 Å². The molecule has 0 radical (unpaired) electrons. The zero-order valence-corrected chi connectivity index (χ0v) is 16.0. The monoisotopic (exact) mass is 371 g/mol. The van der Waals surface area contributed by atoms with Gasteiger partial charge >= 0.3 is 5.97 Å².